The van der Waals surface area contributed by atoms with Crippen molar-refractivity contribution >= 4 is 40.9 Å². The normalized spacial score (nSPS) is 15.6. The van der Waals surface area contributed by atoms with Gasteiger partial charge in [0.25, 0.3) is 5.91 Å². The van der Waals surface area contributed by atoms with Crippen molar-refractivity contribution in [1.82, 2.24) is 0 Å². The fourth-order valence-electron chi connectivity index (χ4n) is 2.91. The molecule has 0 aromatic heterocycles. The van der Waals surface area contributed by atoms with Gasteiger partial charge in [0, 0.05) is 6.08 Å². The Morgan fingerprint density at radius 1 is 1.19 bits per heavy atom. The van der Waals surface area contributed by atoms with Gasteiger partial charge in [-0.25, -0.2) is 0 Å². The first-order valence-electron chi connectivity index (χ1n) is 8.09. The molecule has 1 N–H and O–H groups in total. The van der Waals surface area contributed by atoms with Crippen LogP contribution in [0.3, 0.4) is 0 Å². The van der Waals surface area contributed by atoms with Gasteiger partial charge in [0.1, 0.15) is 19.8 Å². The molecular formula is C19H15ClN2O4. The molecule has 2 aliphatic rings. The van der Waals surface area contributed by atoms with Crippen molar-refractivity contribution in [3.05, 3.63) is 53.1 Å². The van der Waals surface area contributed by atoms with Crippen molar-refractivity contribution in [3.63, 3.8) is 0 Å². The lowest BCUT2D eigenvalue weighted by Gasteiger charge is -2.28. The Hall–Kier alpha value is -2.99. The third-order valence-electron chi connectivity index (χ3n) is 4.07. The molecule has 2 amide bonds. The Morgan fingerprint density at radius 2 is 2.00 bits per heavy atom. The highest BCUT2D eigenvalue weighted by molar-refractivity contribution is 6.32. The van der Waals surface area contributed by atoms with E-state index < -0.39 is 0 Å². The number of hydrogen-bond acceptors (Lipinski definition) is 4. The van der Waals surface area contributed by atoms with Crippen LogP contribution < -0.4 is 19.7 Å². The second-order valence-electron chi connectivity index (χ2n) is 5.85. The van der Waals surface area contributed by atoms with Gasteiger partial charge in [-0.1, -0.05) is 23.7 Å². The van der Waals surface area contributed by atoms with Crippen LogP contribution in [0.25, 0.3) is 6.08 Å². The first-order chi connectivity index (χ1) is 12.6. The van der Waals surface area contributed by atoms with E-state index in [4.69, 9.17) is 21.1 Å². The van der Waals surface area contributed by atoms with Gasteiger partial charge in [-0.05, 0) is 35.9 Å². The molecule has 0 spiro atoms. The molecule has 0 atom stereocenters. The van der Waals surface area contributed by atoms with E-state index in [0.29, 0.717) is 46.7 Å². The summed E-state index contributed by atoms with van der Waals surface area (Å²) in [4.78, 5) is 25.9. The summed E-state index contributed by atoms with van der Waals surface area (Å²) in [5.74, 6) is 0.549. The number of nitrogens with zero attached hydrogens (tertiary/aromatic N) is 1. The molecule has 26 heavy (non-hydrogen) atoms. The number of rotatable bonds is 2. The highest BCUT2D eigenvalue weighted by Crippen LogP contribution is 2.38. The van der Waals surface area contributed by atoms with Gasteiger partial charge in [0.05, 0.1) is 16.4 Å². The van der Waals surface area contributed by atoms with Gasteiger partial charge in [-0.3, -0.25) is 14.5 Å². The molecule has 4 rings (SSSR count). The minimum absolute atomic E-state index is 0.0257. The maximum Gasteiger partial charge on any atom is 0.251 e. The Labute approximate surface area is 155 Å². The zero-order chi connectivity index (χ0) is 18.1. The van der Waals surface area contributed by atoms with Crippen molar-refractivity contribution in [2.24, 2.45) is 0 Å². The summed E-state index contributed by atoms with van der Waals surface area (Å²) in [5.41, 5.74) is 2.00. The van der Waals surface area contributed by atoms with E-state index in [1.807, 2.05) is 6.07 Å². The fourth-order valence-corrected chi connectivity index (χ4v) is 3.19. The molecule has 0 radical (unpaired) electrons. The summed E-state index contributed by atoms with van der Waals surface area (Å²) in [5, 5.41) is 3.18. The van der Waals surface area contributed by atoms with Crippen LogP contribution in [0.4, 0.5) is 11.4 Å². The van der Waals surface area contributed by atoms with E-state index in [9.17, 15) is 9.59 Å². The lowest BCUT2D eigenvalue weighted by atomic mass is 10.1. The molecule has 2 heterocycles. The van der Waals surface area contributed by atoms with E-state index in [1.54, 1.807) is 36.4 Å². The number of hydrogen-bond donors (Lipinski definition) is 1. The van der Waals surface area contributed by atoms with E-state index in [2.05, 4.69) is 5.32 Å². The lowest BCUT2D eigenvalue weighted by molar-refractivity contribution is -0.119. The van der Waals surface area contributed by atoms with Gasteiger partial charge < -0.3 is 14.8 Å². The zero-order valence-electron chi connectivity index (χ0n) is 13.7. The number of halogens is 1. The molecule has 6 nitrogen and oxygen atoms in total. The van der Waals surface area contributed by atoms with Gasteiger partial charge in [-0.2, -0.15) is 0 Å². The number of nitrogens with one attached hydrogen (secondary N) is 1. The van der Waals surface area contributed by atoms with Crippen molar-refractivity contribution in [2.75, 3.05) is 30.0 Å². The first kappa shape index (κ1) is 16.5. The van der Waals surface area contributed by atoms with Crippen LogP contribution in [-0.4, -0.2) is 31.6 Å². The Kier molecular flexibility index (Phi) is 4.26. The largest absolute Gasteiger partial charge is 0.486 e. The Bertz CT molecular complexity index is 926. The second kappa shape index (κ2) is 6.72. The van der Waals surface area contributed by atoms with Gasteiger partial charge >= 0.3 is 0 Å². The third kappa shape index (κ3) is 3.11. The number of benzene rings is 2. The molecular weight excluding hydrogens is 356 g/mol. The van der Waals surface area contributed by atoms with E-state index in [1.165, 1.54) is 11.0 Å². The third-order valence-corrected chi connectivity index (χ3v) is 4.35. The number of para-hydroxylation sites is 2. The molecule has 132 valence electrons. The smallest absolute Gasteiger partial charge is 0.251 e. The van der Waals surface area contributed by atoms with Crippen molar-refractivity contribution in [1.29, 1.82) is 0 Å². The Morgan fingerprint density at radius 3 is 2.88 bits per heavy atom. The summed E-state index contributed by atoms with van der Waals surface area (Å²) < 4.78 is 11.0. The molecule has 2 aliphatic heterocycles. The number of anilines is 2. The number of carbonyl (C=O) groups excluding carboxylic acids is 2. The van der Waals surface area contributed by atoms with Crippen molar-refractivity contribution in [3.8, 4) is 11.5 Å². The highest BCUT2D eigenvalue weighted by atomic mass is 35.5. The van der Waals surface area contributed by atoms with Crippen LogP contribution in [-0.2, 0) is 9.59 Å². The lowest BCUT2D eigenvalue weighted by Crippen LogP contribution is -2.41. The summed E-state index contributed by atoms with van der Waals surface area (Å²) in [7, 11) is 0. The fraction of sp³-hybridized carbons (Fsp3) is 0.158. The predicted octanol–water partition coefficient (Wildman–Crippen LogP) is 3.11. The van der Waals surface area contributed by atoms with E-state index in [-0.39, 0.29) is 18.4 Å². The average molecular weight is 371 g/mol. The maximum atomic E-state index is 12.6. The second-order valence-corrected chi connectivity index (χ2v) is 6.26. The van der Waals surface area contributed by atoms with Crippen LogP contribution in [0.2, 0.25) is 5.02 Å². The molecule has 7 heteroatoms. The monoisotopic (exact) mass is 370 g/mol. The van der Waals surface area contributed by atoms with Crippen molar-refractivity contribution in [2.45, 2.75) is 0 Å². The summed E-state index contributed by atoms with van der Waals surface area (Å²) in [6.07, 6.45) is 3.05. The molecule has 0 aliphatic carbocycles. The number of amides is 2. The van der Waals surface area contributed by atoms with Gasteiger partial charge in [-0.15, -0.1) is 0 Å². The highest BCUT2D eigenvalue weighted by Gasteiger charge is 2.25. The minimum atomic E-state index is -0.293. The zero-order valence-corrected chi connectivity index (χ0v) is 14.5. The van der Waals surface area contributed by atoms with Gasteiger partial charge in [0.15, 0.2) is 11.5 Å². The molecule has 0 fully saturated rings. The molecule has 0 saturated carbocycles. The molecule has 0 saturated heterocycles. The number of ether oxygens (including phenoxy) is 2. The van der Waals surface area contributed by atoms with Crippen LogP contribution in [0, 0.1) is 0 Å². The SMILES string of the molecule is O=C1CN(C(=O)C=Cc2cc(Cl)c3c(c2)OCCO3)c2ccccc2N1. The maximum absolute atomic E-state index is 12.6. The first-order valence-corrected chi connectivity index (χ1v) is 8.47. The minimum Gasteiger partial charge on any atom is -0.486 e. The van der Waals surface area contributed by atoms with Gasteiger partial charge in [0.2, 0.25) is 5.91 Å². The topological polar surface area (TPSA) is 67.9 Å². The van der Waals surface area contributed by atoms with Crippen LogP contribution in [0.15, 0.2) is 42.5 Å². The van der Waals surface area contributed by atoms with Crippen LogP contribution >= 0.6 is 11.6 Å². The van der Waals surface area contributed by atoms with E-state index >= 15 is 0 Å². The number of fused-ring (bicyclic) bond motifs is 2. The van der Waals surface area contributed by atoms with E-state index in [0.717, 1.165) is 0 Å². The predicted molar refractivity (Wildman–Crippen MR) is 98.9 cm³/mol. The molecule has 0 unspecified atom stereocenters. The average Bonchev–Trinajstić information content (AvgIpc) is 2.65. The number of carbonyl (C=O) groups is 2. The summed E-state index contributed by atoms with van der Waals surface area (Å²) in [6.45, 7) is 0.883. The summed E-state index contributed by atoms with van der Waals surface area (Å²) in [6, 6.07) is 10.6. The summed E-state index contributed by atoms with van der Waals surface area (Å²) >= 11 is 6.21. The van der Waals surface area contributed by atoms with Crippen LogP contribution in [0.5, 0.6) is 11.5 Å². The molecule has 2 aromatic carbocycles. The molecule has 2 aromatic rings. The Balaban J connectivity index is 1.59. The van der Waals surface area contributed by atoms with Crippen LogP contribution in [0.1, 0.15) is 5.56 Å². The standard InChI is InChI=1S/C19H15ClN2O4/c20-13-9-12(10-16-19(13)26-8-7-25-16)5-6-18(24)22-11-17(23)21-14-3-1-2-4-15(14)22/h1-6,9-10H,7-8,11H2,(H,21,23). The van der Waals surface area contributed by atoms with Crippen molar-refractivity contribution < 1.29 is 19.1 Å². The molecule has 0 bridgehead atoms. The quantitative estimate of drug-likeness (QED) is 0.825.